The van der Waals surface area contributed by atoms with Crippen molar-refractivity contribution in [1.29, 1.82) is 0 Å². The van der Waals surface area contributed by atoms with Gasteiger partial charge in [-0.3, -0.25) is 14.9 Å². The number of hydrogen-bond donors (Lipinski definition) is 1. The normalized spacial score (nSPS) is 11.0. The van der Waals surface area contributed by atoms with Crippen LogP contribution < -0.4 is 5.32 Å². The SMILES string of the molecule is CC(C)c1cccc(C(C)C)c1NC(=O)c1cc([N+](=O)[O-])ccc1I. The van der Waals surface area contributed by atoms with E-state index in [4.69, 9.17) is 0 Å². The van der Waals surface area contributed by atoms with Crippen LogP contribution in [0.1, 0.15) is 61.0 Å². The molecule has 0 unspecified atom stereocenters. The Balaban J connectivity index is 2.48. The number of benzene rings is 2. The molecule has 0 radical (unpaired) electrons. The second kappa shape index (κ2) is 7.95. The van der Waals surface area contributed by atoms with Crippen LogP contribution in [-0.2, 0) is 0 Å². The van der Waals surface area contributed by atoms with Crippen LogP contribution in [0.15, 0.2) is 36.4 Å². The van der Waals surface area contributed by atoms with Crippen molar-refractivity contribution in [2.45, 2.75) is 39.5 Å². The van der Waals surface area contributed by atoms with E-state index in [2.05, 4.69) is 33.0 Å². The lowest BCUT2D eigenvalue weighted by molar-refractivity contribution is -0.384. The van der Waals surface area contributed by atoms with E-state index in [0.717, 1.165) is 16.8 Å². The first kappa shape index (κ1) is 19.4. The van der Waals surface area contributed by atoms with Gasteiger partial charge in [-0.05, 0) is 51.6 Å². The fraction of sp³-hybridized carbons (Fsp3) is 0.316. The number of amides is 1. The van der Waals surface area contributed by atoms with Gasteiger partial charge in [0.15, 0.2) is 0 Å². The van der Waals surface area contributed by atoms with Gasteiger partial charge in [0, 0.05) is 21.4 Å². The number of carbonyl (C=O) groups excluding carboxylic acids is 1. The van der Waals surface area contributed by atoms with Gasteiger partial charge >= 0.3 is 0 Å². The Kier molecular flexibility index (Phi) is 6.16. The molecule has 0 spiro atoms. The molecule has 5 nitrogen and oxygen atoms in total. The predicted octanol–water partition coefficient (Wildman–Crippen LogP) is 5.70. The van der Waals surface area contributed by atoms with Gasteiger partial charge in [-0.2, -0.15) is 0 Å². The first-order valence-electron chi connectivity index (χ1n) is 8.10. The molecule has 0 aliphatic carbocycles. The zero-order chi connectivity index (χ0) is 18.7. The van der Waals surface area contributed by atoms with Crippen LogP contribution >= 0.6 is 22.6 Å². The standard InChI is InChI=1S/C19H21IN2O3/c1-11(2)14-6-5-7-15(12(3)4)18(14)21-19(23)16-10-13(22(24)25)8-9-17(16)20/h5-12H,1-4H3,(H,21,23). The number of para-hydroxylation sites is 1. The van der Waals surface area contributed by atoms with E-state index in [0.29, 0.717) is 9.13 Å². The van der Waals surface area contributed by atoms with E-state index in [9.17, 15) is 14.9 Å². The first-order chi connectivity index (χ1) is 11.7. The lowest BCUT2D eigenvalue weighted by atomic mass is 9.92. The minimum Gasteiger partial charge on any atom is -0.321 e. The summed E-state index contributed by atoms with van der Waals surface area (Å²) in [6.45, 7) is 8.30. The van der Waals surface area contributed by atoms with Crippen molar-refractivity contribution < 1.29 is 9.72 Å². The number of nitro benzene ring substituents is 1. The number of non-ortho nitro benzene ring substituents is 1. The van der Waals surface area contributed by atoms with Gasteiger partial charge < -0.3 is 5.32 Å². The molecule has 1 N–H and O–H groups in total. The largest absolute Gasteiger partial charge is 0.321 e. The van der Waals surface area contributed by atoms with Crippen molar-refractivity contribution >= 4 is 39.9 Å². The summed E-state index contributed by atoms with van der Waals surface area (Å²) in [5, 5.41) is 14.0. The van der Waals surface area contributed by atoms with Crippen molar-refractivity contribution in [2.75, 3.05) is 5.32 Å². The molecule has 0 heterocycles. The highest BCUT2D eigenvalue weighted by atomic mass is 127. The van der Waals surface area contributed by atoms with E-state index >= 15 is 0 Å². The molecule has 0 saturated heterocycles. The molecule has 25 heavy (non-hydrogen) atoms. The predicted molar refractivity (Wildman–Crippen MR) is 108 cm³/mol. The van der Waals surface area contributed by atoms with Crippen LogP contribution in [0.2, 0.25) is 0 Å². The fourth-order valence-electron chi connectivity index (χ4n) is 2.68. The molecule has 0 fully saturated rings. The Morgan fingerprint density at radius 2 is 1.64 bits per heavy atom. The molecule has 0 aliphatic rings. The summed E-state index contributed by atoms with van der Waals surface area (Å²) in [7, 11) is 0. The van der Waals surface area contributed by atoms with Gasteiger partial charge in [-0.25, -0.2) is 0 Å². The van der Waals surface area contributed by atoms with Crippen molar-refractivity contribution in [3.05, 3.63) is 66.8 Å². The summed E-state index contributed by atoms with van der Waals surface area (Å²) in [6, 6.07) is 10.3. The topological polar surface area (TPSA) is 72.2 Å². The first-order valence-corrected chi connectivity index (χ1v) is 9.18. The van der Waals surface area contributed by atoms with Crippen LogP contribution in [0.4, 0.5) is 11.4 Å². The minimum atomic E-state index is -0.492. The molecule has 2 rings (SSSR count). The molecular weight excluding hydrogens is 431 g/mol. The fourth-order valence-corrected chi connectivity index (χ4v) is 3.26. The number of halogens is 1. The Labute approximate surface area is 161 Å². The maximum atomic E-state index is 12.8. The van der Waals surface area contributed by atoms with E-state index in [1.54, 1.807) is 6.07 Å². The number of nitrogens with zero attached hydrogens (tertiary/aromatic N) is 1. The molecular formula is C19H21IN2O3. The zero-order valence-corrected chi connectivity index (χ0v) is 16.8. The Hall–Kier alpha value is -1.96. The summed E-state index contributed by atoms with van der Waals surface area (Å²) >= 11 is 2.02. The minimum absolute atomic E-state index is 0.0909. The van der Waals surface area contributed by atoms with Crippen molar-refractivity contribution in [2.24, 2.45) is 0 Å². The molecule has 0 atom stereocenters. The number of anilines is 1. The summed E-state index contributed by atoms with van der Waals surface area (Å²) in [6.07, 6.45) is 0. The molecule has 0 aromatic heterocycles. The molecule has 0 bridgehead atoms. The summed E-state index contributed by atoms with van der Waals surface area (Å²) in [5.41, 5.74) is 3.13. The Bertz CT molecular complexity index is 790. The van der Waals surface area contributed by atoms with E-state index in [-0.39, 0.29) is 23.4 Å². The second-order valence-electron chi connectivity index (χ2n) is 6.50. The van der Waals surface area contributed by atoms with Gasteiger partial charge in [0.25, 0.3) is 11.6 Å². The van der Waals surface area contributed by atoms with Gasteiger partial charge in [0.05, 0.1) is 10.5 Å². The van der Waals surface area contributed by atoms with E-state index in [1.807, 2.05) is 40.8 Å². The molecule has 1 amide bonds. The third kappa shape index (κ3) is 4.36. The Morgan fingerprint density at radius 1 is 1.08 bits per heavy atom. The molecule has 2 aromatic carbocycles. The lowest BCUT2D eigenvalue weighted by Gasteiger charge is -2.20. The number of carbonyl (C=O) groups is 1. The number of nitrogens with one attached hydrogen (secondary N) is 1. The average Bonchev–Trinajstić information content (AvgIpc) is 2.54. The van der Waals surface area contributed by atoms with Crippen LogP contribution in [0.3, 0.4) is 0 Å². The lowest BCUT2D eigenvalue weighted by Crippen LogP contribution is -2.17. The quantitative estimate of drug-likeness (QED) is 0.360. The number of nitro groups is 1. The summed E-state index contributed by atoms with van der Waals surface area (Å²) < 4.78 is 0.675. The summed E-state index contributed by atoms with van der Waals surface area (Å²) in [4.78, 5) is 23.3. The second-order valence-corrected chi connectivity index (χ2v) is 7.66. The molecule has 6 heteroatoms. The van der Waals surface area contributed by atoms with Gasteiger partial charge in [-0.15, -0.1) is 0 Å². The van der Waals surface area contributed by atoms with Crippen molar-refractivity contribution in [3.63, 3.8) is 0 Å². The van der Waals surface area contributed by atoms with Gasteiger partial charge in [0.1, 0.15) is 0 Å². The van der Waals surface area contributed by atoms with Crippen molar-refractivity contribution in [3.8, 4) is 0 Å². The third-order valence-corrected chi connectivity index (χ3v) is 4.96. The average molecular weight is 452 g/mol. The Morgan fingerprint density at radius 3 is 2.12 bits per heavy atom. The molecule has 132 valence electrons. The highest BCUT2D eigenvalue weighted by Gasteiger charge is 2.20. The van der Waals surface area contributed by atoms with Crippen LogP contribution in [0.5, 0.6) is 0 Å². The summed E-state index contributed by atoms with van der Waals surface area (Å²) in [5.74, 6) is 0.166. The van der Waals surface area contributed by atoms with E-state index in [1.165, 1.54) is 12.1 Å². The molecule has 2 aromatic rings. The maximum Gasteiger partial charge on any atom is 0.270 e. The maximum absolute atomic E-state index is 12.8. The highest BCUT2D eigenvalue weighted by molar-refractivity contribution is 14.1. The molecule has 0 saturated carbocycles. The monoisotopic (exact) mass is 452 g/mol. The number of hydrogen-bond acceptors (Lipinski definition) is 3. The smallest absolute Gasteiger partial charge is 0.270 e. The number of rotatable bonds is 5. The van der Waals surface area contributed by atoms with Crippen molar-refractivity contribution in [1.82, 2.24) is 0 Å². The third-order valence-electron chi connectivity index (χ3n) is 4.02. The van der Waals surface area contributed by atoms with Crippen LogP contribution in [0.25, 0.3) is 0 Å². The van der Waals surface area contributed by atoms with Gasteiger partial charge in [0.2, 0.25) is 0 Å². The van der Waals surface area contributed by atoms with Crippen LogP contribution in [0, 0.1) is 13.7 Å². The van der Waals surface area contributed by atoms with Crippen LogP contribution in [-0.4, -0.2) is 10.8 Å². The molecule has 0 aliphatic heterocycles. The van der Waals surface area contributed by atoms with E-state index < -0.39 is 4.92 Å². The zero-order valence-electron chi connectivity index (χ0n) is 14.7. The highest BCUT2D eigenvalue weighted by Crippen LogP contribution is 2.33. The van der Waals surface area contributed by atoms with Gasteiger partial charge in [-0.1, -0.05) is 45.9 Å².